The maximum Gasteiger partial charge on any atom is 0.178 e. The van der Waals surface area contributed by atoms with E-state index in [9.17, 15) is 0 Å². The zero-order chi connectivity index (χ0) is 20.9. The lowest BCUT2D eigenvalue weighted by molar-refractivity contribution is 0.123. The zero-order valence-electron chi connectivity index (χ0n) is 16.8. The van der Waals surface area contributed by atoms with E-state index in [0.29, 0.717) is 30.2 Å². The Bertz CT molecular complexity index is 1280. The van der Waals surface area contributed by atoms with Crippen LogP contribution >= 0.6 is 27.5 Å². The molecule has 1 saturated carbocycles. The third kappa shape index (κ3) is 3.39. The summed E-state index contributed by atoms with van der Waals surface area (Å²) < 4.78 is 8.24. The van der Waals surface area contributed by atoms with Crippen LogP contribution in [-0.4, -0.2) is 45.9 Å². The molecule has 4 heterocycles. The molecule has 1 saturated heterocycles. The second kappa shape index (κ2) is 7.73. The lowest BCUT2D eigenvalue weighted by atomic mass is 9.71. The fraction of sp³-hybridized carbons (Fsp3) is 0.348. The van der Waals surface area contributed by atoms with Gasteiger partial charge in [0.05, 0.1) is 30.1 Å². The highest BCUT2D eigenvalue weighted by Crippen LogP contribution is 2.49. The van der Waals surface area contributed by atoms with E-state index in [1.54, 1.807) is 0 Å². The number of fused-ring (bicyclic) bond motifs is 2. The molecule has 1 aromatic carbocycles. The molecule has 0 N–H and O–H groups in total. The summed E-state index contributed by atoms with van der Waals surface area (Å²) in [4.78, 5) is 12.2. The van der Waals surface area contributed by atoms with Crippen LogP contribution in [0.2, 0.25) is 5.15 Å². The number of halogens is 2. The number of aromatic nitrogens is 4. The maximum absolute atomic E-state index is 6.36. The first-order chi connectivity index (χ1) is 15.2. The number of nitrogens with zero attached hydrogens (tertiary/aromatic N) is 5. The molecular formula is C23H21BrClN5O. The molecule has 1 aliphatic heterocycles. The number of hydrogen-bond acceptors (Lipinski definition) is 5. The first-order valence-corrected chi connectivity index (χ1v) is 11.8. The van der Waals surface area contributed by atoms with Gasteiger partial charge in [0.25, 0.3) is 0 Å². The van der Waals surface area contributed by atoms with Gasteiger partial charge in [0.1, 0.15) is 4.60 Å². The molecule has 2 fully saturated rings. The van der Waals surface area contributed by atoms with E-state index >= 15 is 0 Å². The molecular weight excluding hydrogens is 478 g/mol. The first-order valence-electron chi connectivity index (χ1n) is 10.6. The Morgan fingerprint density at radius 3 is 2.65 bits per heavy atom. The highest BCUT2D eigenvalue weighted by atomic mass is 79.9. The third-order valence-corrected chi connectivity index (χ3v) is 7.35. The Labute approximate surface area is 193 Å². The SMILES string of the molecule is Clc1cc(N2CCOCC2)c2nc(C3CC(c4ccc5ccccc5n4)C3)c(Br)n2n1. The molecule has 8 heteroatoms. The summed E-state index contributed by atoms with van der Waals surface area (Å²) >= 11 is 10.1. The van der Waals surface area contributed by atoms with Crippen molar-refractivity contribution in [1.82, 2.24) is 19.6 Å². The summed E-state index contributed by atoms with van der Waals surface area (Å²) in [5.41, 5.74) is 5.15. The molecule has 31 heavy (non-hydrogen) atoms. The molecule has 0 spiro atoms. The van der Waals surface area contributed by atoms with Gasteiger partial charge in [-0.25, -0.2) is 9.50 Å². The fourth-order valence-corrected chi connectivity index (χ4v) is 5.49. The van der Waals surface area contributed by atoms with Crippen molar-refractivity contribution in [2.45, 2.75) is 24.7 Å². The molecule has 3 aromatic heterocycles. The Balaban J connectivity index is 1.29. The van der Waals surface area contributed by atoms with E-state index < -0.39 is 0 Å². The van der Waals surface area contributed by atoms with Crippen molar-refractivity contribution in [3.05, 3.63) is 63.6 Å². The third-order valence-electron chi connectivity index (χ3n) is 6.42. The second-order valence-electron chi connectivity index (χ2n) is 8.27. The van der Waals surface area contributed by atoms with Gasteiger partial charge in [0, 0.05) is 42.1 Å². The molecule has 0 radical (unpaired) electrons. The molecule has 4 aromatic rings. The van der Waals surface area contributed by atoms with Crippen LogP contribution < -0.4 is 4.90 Å². The van der Waals surface area contributed by atoms with Crippen molar-refractivity contribution in [1.29, 1.82) is 0 Å². The van der Waals surface area contributed by atoms with Gasteiger partial charge in [0.2, 0.25) is 0 Å². The molecule has 0 amide bonds. The summed E-state index contributed by atoms with van der Waals surface area (Å²) in [6, 6.07) is 14.5. The topological polar surface area (TPSA) is 55.5 Å². The molecule has 0 atom stereocenters. The largest absolute Gasteiger partial charge is 0.378 e. The van der Waals surface area contributed by atoms with Gasteiger partial charge >= 0.3 is 0 Å². The van der Waals surface area contributed by atoms with E-state index in [1.165, 1.54) is 11.1 Å². The van der Waals surface area contributed by atoms with Crippen molar-refractivity contribution in [2.75, 3.05) is 31.2 Å². The van der Waals surface area contributed by atoms with Crippen LogP contribution in [0.15, 0.2) is 47.1 Å². The van der Waals surface area contributed by atoms with Gasteiger partial charge < -0.3 is 9.64 Å². The number of para-hydroxylation sites is 1. The lowest BCUT2D eigenvalue weighted by Gasteiger charge is -2.34. The Morgan fingerprint density at radius 2 is 1.81 bits per heavy atom. The molecule has 1 aliphatic carbocycles. The smallest absolute Gasteiger partial charge is 0.178 e. The Morgan fingerprint density at radius 1 is 1.00 bits per heavy atom. The number of hydrogen-bond donors (Lipinski definition) is 0. The van der Waals surface area contributed by atoms with E-state index in [0.717, 1.165) is 53.1 Å². The summed E-state index contributed by atoms with van der Waals surface area (Å²) in [5.74, 6) is 0.840. The predicted molar refractivity (Wildman–Crippen MR) is 125 cm³/mol. The molecule has 0 unspecified atom stereocenters. The van der Waals surface area contributed by atoms with Crippen LogP contribution in [0.5, 0.6) is 0 Å². The van der Waals surface area contributed by atoms with E-state index in [4.69, 9.17) is 26.3 Å². The summed E-state index contributed by atoms with van der Waals surface area (Å²) in [5, 5.41) is 6.15. The maximum atomic E-state index is 6.36. The Kier molecular flexibility index (Phi) is 4.85. The zero-order valence-corrected chi connectivity index (χ0v) is 19.2. The van der Waals surface area contributed by atoms with Crippen molar-refractivity contribution < 1.29 is 4.74 Å². The normalized spacial score (nSPS) is 21.5. The van der Waals surface area contributed by atoms with Crippen LogP contribution in [0.25, 0.3) is 16.6 Å². The minimum absolute atomic E-state index is 0.380. The monoisotopic (exact) mass is 497 g/mol. The average molecular weight is 499 g/mol. The number of anilines is 1. The number of benzene rings is 1. The highest BCUT2D eigenvalue weighted by Gasteiger charge is 2.36. The molecule has 158 valence electrons. The minimum atomic E-state index is 0.380. The van der Waals surface area contributed by atoms with Crippen LogP contribution in [0.3, 0.4) is 0 Å². The second-order valence-corrected chi connectivity index (χ2v) is 9.41. The number of rotatable bonds is 3. The van der Waals surface area contributed by atoms with Crippen molar-refractivity contribution in [3.63, 3.8) is 0 Å². The first kappa shape index (κ1) is 19.5. The predicted octanol–water partition coefficient (Wildman–Crippen LogP) is 5.19. The average Bonchev–Trinajstić information content (AvgIpc) is 3.09. The van der Waals surface area contributed by atoms with Gasteiger partial charge in [0.15, 0.2) is 10.8 Å². The molecule has 6 rings (SSSR count). The molecule has 6 nitrogen and oxygen atoms in total. The quantitative estimate of drug-likeness (QED) is 0.389. The summed E-state index contributed by atoms with van der Waals surface area (Å²) in [7, 11) is 0. The van der Waals surface area contributed by atoms with Crippen LogP contribution in [-0.2, 0) is 4.74 Å². The van der Waals surface area contributed by atoms with Gasteiger partial charge in [-0.05, 0) is 40.9 Å². The molecule has 0 bridgehead atoms. The summed E-state index contributed by atoms with van der Waals surface area (Å²) in [6.45, 7) is 3.08. The van der Waals surface area contributed by atoms with Gasteiger partial charge in [-0.1, -0.05) is 35.9 Å². The van der Waals surface area contributed by atoms with Crippen LogP contribution in [0.4, 0.5) is 5.69 Å². The fourth-order valence-electron chi connectivity index (χ4n) is 4.66. The molecule has 2 aliphatic rings. The van der Waals surface area contributed by atoms with Crippen molar-refractivity contribution >= 4 is 49.8 Å². The highest BCUT2D eigenvalue weighted by molar-refractivity contribution is 9.10. The van der Waals surface area contributed by atoms with Gasteiger partial charge in [-0.3, -0.25) is 4.98 Å². The standard InChI is InChI=1S/C23H21BrClN5O/c24-22-21(16-11-15(12-16)18-6-5-14-3-1-2-4-17(14)26-18)27-23-19(13-20(25)28-30(22)23)29-7-9-31-10-8-29/h1-6,13,15-16H,7-12H2. The van der Waals surface area contributed by atoms with Crippen LogP contribution in [0.1, 0.15) is 36.1 Å². The summed E-state index contributed by atoms with van der Waals surface area (Å²) in [6.07, 6.45) is 2.07. The number of ether oxygens (including phenoxy) is 1. The van der Waals surface area contributed by atoms with Crippen LogP contribution in [0, 0.1) is 0 Å². The number of imidazole rings is 1. The van der Waals surface area contributed by atoms with Crippen molar-refractivity contribution in [3.8, 4) is 0 Å². The Hall–Kier alpha value is -2.22. The number of pyridine rings is 1. The van der Waals surface area contributed by atoms with Gasteiger partial charge in [-0.2, -0.15) is 5.10 Å². The van der Waals surface area contributed by atoms with E-state index in [1.807, 2.05) is 16.6 Å². The lowest BCUT2D eigenvalue weighted by Crippen LogP contribution is -2.36. The number of morpholine rings is 1. The van der Waals surface area contributed by atoms with E-state index in [-0.39, 0.29) is 0 Å². The minimum Gasteiger partial charge on any atom is -0.378 e. The van der Waals surface area contributed by atoms with E-state index in [2.05, 4.69) is 56.3 Å². The van der Waals surface area contributed by atoms with Crippen molar-refractivity contribution in [2.24, 2.45) is 0 Å². The van der Waals surface area contributed by atoms with Gasteiger partial charge in [-0.15, -0.1) is 0 Å².